The monoisotopic (exact) mass is 384 g/mol. The predicted molar refractivity (Wildman–Crippen MR) is 116 cm³/mol. The Balaban J connectivity index is 1.45. The summed E-state index contributed by atoms with van der Waals surface area (Å²) < 4.78 is 5.89. The molecule has 0 atom stereocenters. The Labute approximate surface area is 170 Å². The zero-order chi connectivity index (χ0) is 20.4. The van der Waals surface area contributed by atoms with Gasteiger partial charge in [0, 0.05) is 17.7 Å². The third-order valence-corrected chi connectivity index (χ3v) is 4.97. The van der Waals surface area contributed by atoms with Gasteiger partial charge in [0.05, 0.1) is 0 Å². The van der Waals surface area contributed by atoms with Crippen LogP contribution in [0, 0.1) is 6.92 Å². The van der Waals surface area contributed by atoms with Crippen LogP contribution >= 0.6 is 0 Å². The fourth-order valence-corrected chi connectivity index (χ4v) is 3.30. The lowest BCUT2D eigenvalue weighted by Gasteiger charge is -2.07. The zero-order valence-corrected chi connectivity index (χ0v) is 16.9. The molecule has 1 amide bonds. The summed E-state index contributed by atoms with van der Waals surface area (Å²) >= 11 is 0. The van der Waals surface area contributed by atoms with Gasteiger partial charge >= 0.3 is 0 Å². The number of hydrogen-bond acceptors (Lipinski definition) is 3. The fourth-order valence-electron chi connectivity index (χ4n) is 3.30. The van der Waals surface area contributed by atoms with Crippen molar-refractivity contribution in [3.8, 4) is 0 Å². The lowest BCUT2D eigenvalue weighted by atomic mass is 10.0. The molecular weight excluding hydrogens is 360 g/mol. The molecule has 0 spiro atoms. The van der Waals surface area contributed by atoms with E-state index in [2.05, 4.69) is 36.3 Å². The molecule has 0 saturated heterocycles. The van der Waals surface area contributed by atoms with Crippen LogP contribution in [0.1, 0.15) is 52.7 Å². The van der Waals surface area contributed by atoms with Gasteiger partial charge < -0.3 is 9.73 Å². The summed E-state index contributed by atoms with van der Waals surface area (Å²) in [4.78, 5) is 17.0. The minimum Gasteiger partial charge on any atom is -0.440 e. The zero-order valence-electron chi connectivity index (χ0n) is 16.9. The van der Waals surface area contributed by atoms with E-state index < -0.39 is 0 Å². The highest BCUT2D eigenvalue weighted by Gasteiger charge is 2.10. The first kappa shape index (κ1) is 18.9. The predicted octanol–water partition coefficient (Wildman–Crippen LogP) is 6.10. The first-order valence-electron chi connectivity index (χ1n) is 9.84. The van der Waals surface area contributed by atoms with Gasteiger partial charge in [-0.3, -0.25) is 4.79 Å². The van der Waals surface area contributed by atoms with Crippen molar-refractivity contribution in [3.63, 3.8) is 0 Å². The number of hydrogen-bond donors (Lipinski definition) is 1. The quantitative estimate of drug-likeness (QED) is 0.452. The molecule has 0 aliphatic carbocycles. The van der Waals surface area contributed by atoms with Crippen LogP contribution in [-0.2, 0) is 6.42 Å². The SMILES string of the molecule is Cc1cccc(C(=O)Nc2ccc(Cc3nc4cc(C(C)C)ccc4o3)cc2)c1. The molecule has 4 aromatic rings. The Morgan fingerprint density at radius 2 is 1.83 bits per heavy atom. The summed E-state index contributed by atoms with van der Waals surface area (Å²) in [5, 5.41) is 2.94. The number of fused-ring (bicyclic) bond motifs is 1. The molecule has 1 N–H and O–H groups in total. The standard InChI is InChI=1S/C25H24N2O2/c1-16(2)19-9-12-23-22(15-19)27-24(29-23)14-18-7-10-21(11-8-18)26-25(28)20-6-4-5-17(3)13-20/h4-13,15-16H,14H2,1-3H3,(H,26,28). The highest BCUT2D eigenvalue weighted by Crippen LogP contribution is 2.23. The van der Waals surface area contributed by atoms with Gasteiger partial charge in [-0.2, -0.15) is 0 Å². The molecule has 4 heteroatoms. The number of nitrogens with one attached hydrogen (secondary N) is 1. The molecule has 29 heavy (non-hydrogen) atoms. The van der Waals surface area contributed by atoms with Gasteiger partial charge in [-0.25, -0.2) is 4.98 Å². The van der Waals surface area contributed by atoms with E-state index in [1.54, 1.807) is 0 Å². The maximum absolute atomic E-state index is 12.4. The summed E-state index contributed by atoms with van der Waals surface area (Å²) in [6.45, 7) is 6.31. The van der Waals surface area contributed by atoms with E-state index >= 15 is 0 Å². The van der Waals surface area contributed by atoms with Crippen LogP contribution in [0.5, 0.6) is 0 Å². The molecule has 0 radical (unpaired) electrons. The molecule has 0 fully saturated rings. The topological polar surface area (TPSA) is 55.1 Å². The van der Waals surface area contributed by atoms with E-state index in [4.69, 9.17) is 4.42 Å². The minimum atomic E-state index is -0.110. The molecule has 0 aliphatic rings. The normalized spacial score (nSPS) is 11.2. The summed E-state index contributed by atoms with van der Waals surface area (Å²) in [7, 11) is 0. The van der Waals surface area contributed by atoms with Gasteiger partial charge in [0.1, 0.15) is 5.52 Å². The molecule has 0 unspecified atom stereocenters. The Bertz CT molecular complexity index is 1160. The van der Waals surface area contributed by atoms with Crippen molar-refractivity contribution in [2.24, 2.45) is 0 Å². The van der Waals surface area contributed by atoms with Crippen molar-refractivity contribution in [1.29, 1.82) is 0 Å². The van der Waals surface area contributed by atoms with Crippen molar-refractivity contribution in [1.82, 2.24) is 4.98 Å². The van der Waals surface area contributed by atoms with Gasteiger partial charge in [0.2, 0.25) is 0 Å². The van der Waals surface area contributed by atoms with E-state index in [9.17, 15) is 4.79 Å². The first-order valence-corrected chi connectivity index (χ1v) is 9.84. The molecule has 0 saturated carbocycles. The molecule has 1 heterocycles. The van der Waals surface area contributed by atoms with E-state index in [0.29, 0.717) is 23.8 Å². The van der Waals surface area contributed by atoms with Crippen LogP contribution in [0.15, 0.2) is 71.1 Å². The number of aromatic nitrogens is 1. The van der Waals surface area contributed by atoms with Gasteiger partial charge in [-0.15, -0.1) is 0 Å². The number of aryl methyl sites for hydroxylation is 1. The van der Waals surface area contributed by atoms with Gasteiger partial charge in [0.15, 0.2) is 11.5 Å². The van der Waals surface area contributed by atoms with Crippen LogP contribution in [0.25, 0.3) is 11.1 Å². The lowest BCUT2D eigenvalue weighted by Crippen LogP contribution is -2.11. The largest absolute Gasteiger partial charge is 0.440 e. The number of rotatable bonds is 5. The number of oxazole rings is 1. The molecule has 4 nitrogen and oxygen atoms in total. The van der Waals surface area contributed by atoms with Crippen LogP contribution in [-0.4, -0.2) is 10.9 Å². The van der Waals surface area contributed by atoms with Crippen molar-refractivity contribution in [2.75, 3.05) is 5.32 Å². The Morgan fingerprint density at radius 1 is 1.03 bits per heavy atom. The minimum absolute atomic E-state index is 0.110. The van der Waals surface area contributed by atoms with Crippen molar-refractivity contribution in [2.45, 2.75) is 33.1 Å². The van der Waals surface area contributed by atoms with Crippen molar-refractivity contribution in [3.05, 3.63) is 94.9 Å². The fraction of sp³-hybridized carbons (Fsp3) is 0.200. The molecular formula is C25H24N2O2. The average Bonchev–Trinajstić information content (AvgIpc) is 3.10. The summed E-state index contributed by atoms with van der Waals surface area (Å²) in [5.74, 6) is 1.04. The maximum atomic E-state index is 12.4. The third-order valence-electron chi connectivity index (χ3n) is 4.97. The van der Waals surface area contributed by atoms with E-state index in [-0.39, 0.29) is 5.91 Å². The maximum Gasteiger partial charge on any atom is 0.255 e. The van der Waals surface area contributed by atoms with E-state index in [0.717, 1.165) is 27.9 Å². The molecule has 0 bridgehead atoms. The molecule has 0 aliphatic heterocycles. The number of anilines is 1. The summed E-state index contributed by atoms with van der Waals surface area (Å²) in [6.07, 6.45) is 0.609. The van der Waals surface area contributed by atoms with Crippen LogP contribution < -0.4 is 5.32 Å². The number of carbonyl (C=O) groups excluding carboxylic acids is 1. The number of benzene rings is 3. The smallest absolute Gasteiger partial charge is 0.255 e. The Morgan fingerprint density at radius 3 is 2.55 bits per heavy atom. The van der Waals surface area contributed by atoms with Crippen LogP contribution in [0.3, 0.4) is 0 Å². The number of nitrogens with zero attached hydrogens (tertiary/aromatic N) is 1. The second-order valence-electron chi connectivity index (χ2n) is 7.69. The number of amides is 1. The molecule has 4 rings (SSSR count). The Hall–Kier alpha value is -3.40. The lowest BCUT2D eigenvalue weighted by molar-refractivity contribution is 0.102. The van der Waals surface area contributed by atoms with E-state index in [1.165, 1.54) is 5.56 Å². The van der Waals surface area contributed by atoms with Crippen LogP contribution in [0.2, 0.25) is 0 Å². The second kappa shape index (κ2) is 7.92. The van der Waals surface area contributed by atoms with Crippen LogP contribution in [0.4, 0.5) is 5.69 Å². The van der Waals surface area contributed by atoms with E-state index in [1.807, 2.05) is 61.5 Å². The molecule has 146 valence electrons. The van der Waals surface area contributed by atoms with Gasteiger partial charge in [-0.05, 0) is 60.4 Å². The average molecular weight is 384 g/mol. The summed E-state index contributed by atoms with van der Waals surface area (Å²) in [5.41, 5.74) is 6.52. The summed E-state index contributed by atoms with van der Waals surface area (Å²) in [6, 6.07) is 21.5. The highest BCUT2D eigenvalue weighted by molar-refractivity contribution is 6.04. The van der Waals surface area contributed by atoms with Crippen molar-refractivity contribution < 1.29 is 9.21 Å². The van der Waals surface area contributed by atoms with Gasteiger partial charge in [0.25, 0.3) is 5.91 Å². The molecule has 3 aromatic carbocycles. The second-order valence-corrected chi connectivity index (χ2v) is 7.69. The third kappa shape index (κ3) is 4.37. The van der Waals surface area contributed by atoms with Crippen molar-refractivity contribution >= 4 is 22.7 Å². The number of carbonyl (C=O) groups is 1. The Kier molecular flexibility index (Phi) is 5.17. The molecule has 1 aromatic heterocycles. The highest BCUT2D eigenvalue weighted by atomic mass is 16.3. The first-order chi connectivity index (χ1) is 14.0. The van der Waals surface area contributed by atoms with Gasteiger partial charge in [-0.1, -0.05) is 49.7 Å².